The van der Waals surface area contributed by atoms with Crippen LogP contribution >= 0.6 is 0 Å². The molecule has 3 rings (SSSR count). The molecular weight excluding hydrogens is 274 g/mol. The molecule has 1 aliphatic heterocycles. The maximum Gasteiger partial charge on any atom is 0.247 e. The minimum Gasteiger partial charge on any atom is -0.348 e. The Morgan fingerprint density at radius 3 is 2.95 bits per heavy atom. The van der Waals surface area contributed by atoms with Gasteiger partial charge in [-0.25, -0.2) is 0 Å². The first kappa shape index (κ1) is 14.6. The highest BCUT2D eigenvalue weighted by atomic mass is 16.1. The number of nitrogens with one attached hydrogen (secondary N) is 1. The molecule has 1 aliphatic rings. The summed E-state index contributed by atoms with van der Waals surface area (Å²) in [7, 11) is 0. The molecule has 4 heteroatoms. The smallest absolute Gasteiger partial charge is 0.247 e. The van der Waals surface area contributed by atoms with E-state index in [2.05, 4.69) is 15.1 Å². The van der Waals surface area contributed by atoms with Crippen molar-refractivity contribution in [3.63, 3.8) is 0 Å². The highest BCUT2D eigenvalue weighted by Gasteiger charge is 2.15. The minimum absolute atomic E-state index is 0.0281. The van der Waals surface area contributed by atoms with E-state index in [0.717, 1.165) is 24.1 Å². The van der Waals surface area contributed by atoms with Crippen molar-refractivity contribution in [3.05, 3.63) is 58.9 Å². The number of hydrogen-bond acceptors (Lipinski definition) is 2. The van der Waals surface area contributed by atoms with Gasteiger partial charge in [0.05, 0.1) is 6.20 Å². The maximum absolute atomic E-state index is 12.2. The van der Waals surface area contributed by atoms with E-state index >= 15 is 0 Å². The maximum atomic E-state index is 12.2. The predicted octanol–water partition coefficient (Wildman–Crippen LogP) is 2.94. The Bertz CT molecular complexity index is 686. The number of hydrogen-bond donors (Lipinski definition) is 1. The van der Waals surface area contributed by atoms with E-state index in [9.17, 15) is 4.79 Å². The van der Waals surface area contributed by atoms with Crippen molar-refractivity contribution >= 4 is 12.0 Å². The quantitative estimate of drug-likeness (QED) is 0.882. The van der Waals surface area contributed by atoms with Crippen LogP contribution in [0.5, 0.6) is 0 Å². The second-order valence-electron chi connectivity index (χ2n) is 5.72. The molecule has 0 aliphatic carbocycles. The van der Waals surface area contributed by atoms with Gasteiger partial charge >= 0.3 is 0 Å². The van der Waals surface area contributed by atoms with E-state index in [-0.39, 0.29) is 5.91 Å². The van der Waals surface area contributed by atoms with E-state index in [1.807, 2.05) is 49.5 Å². The highest BCUT2D eigenvalue weighted by Crippen LogP contribution is 2.18. The number of carbonyl (C=O) groups excluding carboxylic acids is 1. The van der Waals surface area contributed by atoms with Crippen molar-refractivity contribution in [1.29, 1.82) is 0 Å². The zero-order valence-corrected chi connectivity index (χ0v) is 12.9. The number of nitrogens with zero attached hydrogens (tertiary/aromatic N) is 2. The fraction of sp³-hybridized carbons (Fsp3) is 0.333. The van der Waals surface area contributed by atoms with Gasteiger partial charge in [-0.15, -0.1) is 0 Å². The number of carbonyl (C=O) groups is 1. The van der Waals surface area contributed by atoms with Crippen LogP contribution in [0.3, 0.4) is 0 Å². The Morgan fingerprint density at radius 1 is 1.32 bits per heavy atom. The van der Waals surface area contributed by atoms with Crippen molar-refractivity contribution in [2.24, 2.45) is 0 Å². The number of benzene rings is 1. The number of amides is 1. The van der Waals surface area contributed by atoms with Crippen molar-refractivity contribution in [2.45, 2.75) is 39.3 Å². The average molecular weight is 295 g/mol. The third-order valence-corrected chi connectivity index (χ3v) is 4.05. The molecule has 4 nitrogen and oxygen atoms in total. The van der Waals surface area contributed by atoms with Gasteiger partial charge in [-0.05, 0) is 37.8 Å². The van der Waals surface area contributed by atoms with Gasteiger partial charge in [0.15, 0.2) is 0 Å². The third kappa shape index (κ3) is 3.27. The van der Waals surface area contributed by atoms with E-state index in [4.69, 9.17) is 0 Å². The highest BCUT2D eigenvalue weighted by molar-refractivity contribution is 5.97. The zero-order valence-electron chi connectivity index (χ0n) is 12.9. The normalized spacial score (nSPS) is 14.5. The lowest BCUT2D eigenvalue weighted by molar-refractivity contribution is -0.117. The van der Waals surface area contributed by atoms with E-state index in [0.29, 0.717) is 12.1 Å². The second-order valence-corrected chi connectivity index (χ2v) is 5.72. The molecule has 1 aromatic carbocycles. The summed E-state index contributed by atoms with van der Waals surface area (Å²) in [6.45, 7) is 3.39. The molecule has 2 heterocycles. The summed E-state index contributed by atoms with van der Waals surface area (Å²) in [6, 6.07) is 9.89. The molecule has 1 aromatic heterocycles. The molecule has 0 radical (unpaired) electrons. The Balaban J connectivity index is 1.63. The van der Waals surface area contributed by atoms with Crippen molar-refractivity contribution < 1.29 is 4.79 Å². The first-order valence-corrected chi connectivity index (χ1v) is 7.79. The molecule has 0 bridgehead atoms. The van der Waals surface area contributed by atoms with Crippen LogP contribution in [0, 0.1) is 0 Å². The van der Waals surface area contributed by atoms with Crippen LogP contribution in [0.2, 0.25) is 0 Å². The Labute approximate surface area is 130 Å². The molecular formula is C18H21N3O. The molecule has 1 amide bonds. The molecule has 0 saturated carbocycles. The van der Waals surface area contributed by atoms with E-state index < -0.39 is 0 Å². The summed E-state index contributed by atoms with van der Waals surface area (Å²) in [5.74, 6) is -0.0281. The van der Waals surface area contributed by atoms with Gasteiger partial charge in [-0.3, -0.25) is 9.48 Å². The first-order chi connectivity index (χ1) is 10.7. The summed E-state index contributed by atoms with van der Waals surface area (Å²) in [4.78, 5) is 12.2. The van der Waals surface area contributed by atoms with Crippen LogP contribution in [0.15, 0.2) is 42.1 Å². The summed E-state index contributed by atoms with van der Waals surface area (Å²) < 4.78 is 2.07. The van der Waals surface area contributed by atoms with Gasteiger partial charge in [0.1, 0.15) is 0 Å². The second kappa shape index (κ2) is 6.60. The fourth-order valence-electron chi connectivity index (χ4n) is 2.81. The lowest BCUT2D eigenvalue weighted by Crippen LogP contribution is -2.24. The predicted molar refractivity (Wildman–Crippen MR) is 87.1 cm³/mol. The number of aryl methyl sites for hydroxylation is 1. The van der Waals surface area contributed by atoms with Crippen molar-refractivity contribution in [3.8, 4) is 0 Å². The number of fused-ring (bicyclic) bond motifs is 1. The topological polar surface area (TPSA) is 46.9 Å². The van der Waals surface area contributed by atoms with Gasteiger partial charge in [-0.1, -0.05) is 30.3 Å². The SMILES string of the molecule is CC(=Cc1ccccc1)C(=O)NCc1cnn2c1CCCC2. The van der Waals surface area contributed by atoms with Crippen LogP contribution in [0.1, 0.15) is 36.6 Å². The van der Waals surface area contributed by atoms with Crippen LogP contribution in [0.4, 0.5) is 0 Å². The number of rotatable bonds is 4. The van der Waals surface area contributed by atoms with Gasteiger partial charge in [0.25, 0.3) is 0 Å². The molecule has 0 spiro atoms. The van der Waals surface area contributed by atoms with Crippen LogP contribution in [0.25, 0.3) is 6.08 Å². The summed E-state index contributed by atoms with van der Waals surface area (Å²) in [6.07, 6.45) is 7.25. The van der Waals surface area contributed by atoms with E-state index in [1.54, 1.807) is 0 Å². The molecule has 0 atom stereocenters. The molecule has 0 fully saturated rings. The van der Waals surface area contributed by atoms with Crippen molar-refractivity contribution in [2.75, 3.05) is 0 Å². The van der Waals surface area contributed by atoms with E-state index in [1.165, 1.54) is 18.5 Å². The van der Waals surface area contributed by atoms with Crippen molar-refractivity contribution in [1.82, 2.24) is 15.1 Å². The molecule has 0 saturated heterocycles. The van der Waals surface area contributed by atoms with Crippen LogP contribution < -0.4 is 5.32 Å². The summed E-state index contributed by atoms with van der Waals surface area (Å²) >= 11 is 0. The van der Waals surface area contributed by atoms with Crippen LogP contribution in [-0.4, -0.2) is 15.7 Å². The third-order valence-electron chi connectivity index (χ3n) is 4.05. The fourth-order valence-corrected chi connectivity index (χ4v) is 2.81. The largest absolute Gasteiger partial charge is 0.348 e. The Kier molecular flexibility index (Phi) is 4.37. The molecule has 22 heavy (non-hydrogen) atoms. The zero-order chi connectivity index (χ0) is 15.4. The monoisotopic (exact) mass is 295 g/mol. The standard InChI is InChI=1S/C18H21N3O/c1-14(11-15-7-3-2-4-8-15)18(22)19-12-16-13-20-21-10-6-5-9-17(16)21/h2-4,7-8,11,13H,5-6,9-10,12H2,1H3,(H,19,22). The van der Waals surface area contributed by atoms with Gasteiger partial charge in [-0.2, -0.15) is 5.10 Å². The Morgan fingerprint density at radius 2 is 2.14 bits per heavy atom. The average Bonchev–Trinajstić information content (AvgIpc) is 2.97. The van der Waals surface area contributed by atoms with Gasteiger partial charge < -0.3 is 5.32 Å². The first-order valence-electron chi connectivity index (χ1n) is 7.79. The Hall–Kier alpha value is -2.36. The number of aromatic nitrogens is 2. The van der Waals surface area contributed by atoms with Gasteiger partial charge in [0.2, 0.25) is 5.91 Å². The lowest BCUT2D eigenvalue weighted by Gasteiger charge is -2.15. The van der Waals surface area contributed by atoms with Crippen LogP contribution in [-0.2, 0) is 24.3 Å². The van der Waals surface area contributed by atoms with Gasteiger partial charge in [0, 0.05) is 29.9 Å². The molecule has 0 unspecified atom stereocenters. The summed E-state index contributed by atoms with van der Waals surface area (Å²) in [5, 5.41) is 7.39. The minimum atomic E-state index is -0.0281. The molecule has 1 N–H and O–H groups in total. The molecule has 114 valence electrons. The lowest BCUT2D eigenvalue weighted by atomic mass is 10.1. The summed E-state index contributed by atoms with van der Waals surface area (Å²) in [5.41, 5.74) is 4.17. The molecule has 2 aromatic rings.